The molecule has 1 aliphatic carbocycles. The number of hydrogen-bond acceptors (Lipinski definition) is 6. The first-order valence-corrected chi connectivity index (χ1v) is 8.97. The van der Waals surface area contributed by atoms with Crippen molar-refractivity contribution < 1.29 is 8.94 Å². The van der Waals surface area contributed by atoms with Gasteiger partial charge in [-0.25, -0.2) is 0 Å². The van der Waals surface area contributed by atoms with E-state index in [0.717, 1.165) is 35.6 Å². The average Bonchev–Trinajstić information content (AvgIpc) is 3.23. The van der Waals surface area contributed by atoms with E-state index in [1.165, 1.54) is 18.4 Å². The highest BCUT2D eigenvalue weighted by Gasteiger charge is 2.19. The fraction of sp³-hybridized carbons (Fsp3) is 0.353. The monoisotopic (exact) mass is 327 g/mol. The maximum atomic E-state index is 5.71. The summed E-state index contributed by atoms with van der Waals surface area (Å²) in [5.74, 6) is 3.80. The molecular weight excluding hydrogens is 310 g/mol. The fourth-order valence-corrected chi connectivity index (χ4v) is 3.62. The third-order valence-electron chi connectivity index (χ3n) is 3.98. The fourth-order valence-electron chi connectivity index (χ4n) is 2.81. The molecule has 0 amide bonds. The van der Waals surface area contributed by atoms with E-state index >= 15 is 0 Å². The SMILES string of the molecule is c1ccc(-c2nnc(CSCc3noc4c3CCCC4)o2)cc1. The highest BCUT2D eigenvalue weighted by Crippen LogP contribution is 2.28. The molecule has 0 saturated carbocycles. The molecule has 0 N–H and O–H groups in total. The van der Waals surface area contributed by atoms with Crippen LogP contribution in [0, 0.1) is 0 Å². The number of benzene rings is 1. The standard InChI is InChI=1S/C17H17N3O2S/c1-2-6-12(7-3-1)17-19-18-16(21-17)11-23-10-14-13-8-4-5-9-15(13)22-20-14/h1-3,6-7H,4-5,8-11H2. The molecule has 1 aliphatic rings. The summed E-state index contributed by atoms with van der Waals surface area (Å²) in [5, 5.41) is 12.4. The topological polar surface area (TPSA) is 65.0 Å². The Morgan fingerprint density at radius 3 is 2.78 bits per heavy atom. The van der Waals surface area contributed by atoms with Gasteiger partial charge in [0.15, 0.2) is 0 Å². The zero-order valence-electron chi connectivity index (χ0n) is 12.7. The molecule has 0 bridgehead atoms. The maximum absolute atomic E-state index is 5.71. The molecule has 1 aromatic carbocycles. The second-order valence-corrected chi connectivity index (χ2v) is 6.58. The van der Waals surface area contributed by atoms with Gasteiger partial charge in [-0.05, 0) is 31.4 Å². The highest BCUT2D eigenvalue weighted by atomic mass is 32.2. The first-order chi connectivity index (χ1) is 11.4. The smallest absolute Gasteiger partial charge is 0.247 e. The summed E-state index contributed by atoms with van der Waals surface area (Å²) in [4.78, 5) is 0. The quantitative estimate of drug-likeness (QED) is 0.705. The Balaban J connectivity index is 1.37. The third kappa shape index (κ3) is 3.17. The maximum Gasteiger partial charge on any atom is 0.247 e. The largest absolute Gasteiger partial charge is 0.420 e. The predicted octanol–water partition coefficient (Wildman–Crippen LogP) is 4.04. The Labute approximate surface area is 138 Å². The van der Waals surface area contributed by atoms with Gasteiger partial charge in [-0.15, -0.1) is 22.0 Å². The van der Waals surface area contributed by atoms with Crippen LogP contribution in [0.2, 0.25) is 0 Å². The van der Waals surface area contributed by atoms with Crippen LogP contribution in [0.4, 0.5) is 0 Å². The van der Waals surface area contributed by atoms with E-state index in [4.69, 9.17) is 8.94 Å². The molecule has 0 radical (unpaired) electrons. The summed E-state index contributed by atoms with van der Waals surface area (Å²) in [6, 6.07) is 9.82. The summed E-state index contributed by atoms with van der Waals surface area (Å²) in [7, 11) is 0. The van der Waals surface area contributed by atoms with E-state index in [-0.39, 0.29) is 0 Å². The summed E-state index contributed by atoms with van der Waals surface area (Å²) in [6.07, 6.45) is 4.56. The lowest BCUT2D eigenvalue weighted by Gasteiger charge is -2.08. The number of thioether (sulfide) groups is 1. The van der Waals surface area contributed by atoms with Gasteiger partial charge < -0.3 is 8.94 Å². The number of aromatic nitrogens is 3. The van der Waals surface area contributed by atoms with Crippen LogP contribution in [-0.4, -0.2) is 15.4 Å². The molecule has 0 unspecified atom stereocenters. The molecule has 5 nitrogen and oxygen atoms in total. The minimum absolute atomic E-state index is 0.569. The Morgan fingerprint density at radius 1 is 1.00 bits per heavy atom. The van der Waals surface area contributed by atoms with Gasteiger partial charge >= 0.3 is 0 Å². The summed E-state index contributed by atoms with van der Waals surface area (Å²) < 4.78 is 11.2. The van der Waals surface area contributed by atoms with Crippen LogP contribution in [0.5, 0.6) is 0 Å². The lowest BCUT2D eigenvalue weighted by molar-refractivity contribution is 0.369. The van der Waals surface area contributed by atoms with E-state index in [2.05, 4.69) is 15.4 Å². The molecule has 6 heteroatoms. The highest BCUT2D eigenvalue weighted by molar-refractivity contribution is 7.97. The van der Waals surface area contributed by atoms with Crippen LogP contribution in [0.1, 0.15) is 35.7 Å². The number of aryl methyl sites for hydroxylation is 1. The van der Waals surface area contributed by atoms with Crippen molar-refractivity contribution >= 4 is 11.8 Å². The molecule has 118 valence electrons. The van der Waals surface area contributed by atoms with Gasteiger partial charge in [0.2, 0.25) is 11.8 Å². The lowest BCUT2D eigenvalue weighted by Crippen LogP contribution is -2.01. The minimum Gasteiger partial charge on any atom is -0.420 e. The van der Waals surface area contributed by atoms with Crippen molar-refractivity contribution in [2.24, 2.45) is 0 Å². The van der Waals surface area contributed by atoms with Crippen molar-refractivity contribution in [2.75, 3.05) is 0 Å². The van der Waals surface area contributed by atoms with Crippen LogP contribution in [-0.2, 0) is 24.3 Å². The molecule has 23 heavy (non-hydrogen) atoms. The Morgan fingerprint density at radius 2 is 1.87 bits per heavy atom. The number of rotatable bonds is 5. The minimum atomic E-state index is 0.569. The van der Waals surface area contributed by atoms with Crippen molar-refractivity contribution in [1.29, 1.82) is 0 Å². The zero-order chi connectivity index (χ0) is 15.5. The lowest BCUT2D eigenvalue weighted by atomic mass is 9.97. The molecule has 0 fully saturated rings. The predicted molar refractivity (Wildman–Crippen MR) is 87.9 cm³/mol. The average molecular weight is 327 g/mol. The van der Waals surface area contributed by atoms with E-state index in [0.29, 0.717) is 17.5 Å². The molecule has 0 aliphatic heterocycles. The van der Waals surface area contributed by atoms with E-state index in [9.17, 15) is 0 Å². The van der Waals surface area contributed by atoms with Crippen molar-refractivity contribution in [3.63, 3.8) is 0 Å². The first-order valence-electron chi connectivity index (χ1n) is 7.82. The van der Waals surface area contributed by atoms with Gasteiger partial charge in [0.1, 0.15) is 5.76 Å². The normalized spacial score (nSPS) is 13.9. The van der Waals surface area contributed by atoms with Crippen LogP contribution < -0.4 is 0 Å². The number of fused-ring (bicyclic) bond motifs is 1. The van der Waals surface area contributed by atoms with Gasteiger partial charge in [-0.1, -0.05) is 23.4 Å². The van der Waals surface area contributed by atoms with Gasteiger partial charge in [0, 0.05) is 23.3 Å². The molecule has 4 rings (SSSR count). The summed E-state index contributed by atoms with van der Waals surface area (Å²) in [5.41, 5.74) is 3.34. The van der Waals surface area contributed by atoms with Gasteiger partial charge in [-0.2, -0.15) is 0 Å². The van der Waals surface area contributed by atoms with E-state index < -0.39 is 0 Å². The van der Waals surface area contributed by atoms with Gasteiger partial charge in [0.05, 0.1) is 11.4 Å². The molecule has 0 atom stereocenters. The second-order valence-electron chi connectivity index (χ2n) is 5.60. The van der Waals surface area contributed by atoms with Crippen molar-refractivity contribution in [3.8, 4) is 11.5 Å². The second kappa shape index (κ2) is 6.58. The summed E-state index contributed by atoms with van der Waals surface area (Å²) >= 11 is 1.73. The van der Waals surface area contributed by atoms with Crippen LogP contribution in [0.3, 0.4) is 0 Å². The van der Waals surface area contributed by atoms with Crippen molar-refractivity contribution in [2.45, 2.75) is 37.2 Å². The van der Waals surface area contributed by atoms with Crippen LogP contribution in [0.25, 0.3) is 11.5 Å². The molecule has 2 aromatic heterocycles. The van der Waals surface area contributed by atoms with Crippen LogP contribution in [0.15, 0.2) is 39.3 Å². The van der Waals surface area contributed by atoms with Crippen LogP contribution >= 0.6 is 11.8 Å². The van der Waals surface area contributed by atoms with Gasteiger partial charge in [-0.3, -0.25) is 0 Å². The first kappa shape index (κ1) is 14.5. The van der Waals surface area contributed by atoms with Crippen molar-refractivity contribution in [1.82, 2.24) is 15.4 Å². The molecule has 0 spiro atoms. The van der Waals surface area contributed by atoms with E-state index in [1.807, 2.05) is 30.3 Å². The number of nitrogens with zero attached hydrogens (tertiary/aromatic N) is 3. The Bertz CT molecular complexity index is 782. The van der Waals surface area contributed by atoms with E-state index in [1.54, 1.807) is 11.8 Å². The molecule has 0 saturated heterocycles. The molecular formula is C17H17N3O2S. The number of hydrogen-bond donors (Lipinski definition) is 0. The van der Waals surface area contributed by atoms with Crippen molar-refractivity contribution in [3.05, 3.63) is 53.2 Å². The molecule has 3 aromatic rings. The Hall–Kier alpha value is -2.08. The van der Waals surface area contributed by atoms with Gasteiger partial charge in [0.25, 0.3) is 0 Å². The summed E-state index contributed by atoms with van der Waals surface area (Å²) in [6.45, 7) is 0. The Kier molecular flexibility index (Phi) is 4.15. The molecule has 2 heterocycles. The third-order valence-corrected chi connectivity index (χ3v) is 4.91. The zero-order valence-corrected chi connectivity index (χ0v) is 13.5.